The summed E-state index contributed by atoms with van der Waals surface area (Å²) in [4.78, 5) is 14.1. The average molecular weight is 265 g/mol. The van der Waals surface area contributed by atoms with Crippen molar-refractivity contribution in [2.24, 2.45) is 5.92 Å². The van der Waals surface area contributed by atoms with Gasteiger partial charge in [0, 0.05) is 32.8 Å². The first kappa shape index (κ1) is 12.6. The van der Waals surface area contributed by atoms with Gasteiger partial charge in [-0.2, -0.15) is 0 Å². The van der Waals surface area contributed by atoms with Gasteiger partial charge in [0.2, 0.25) is 0 Å². The topological polar surface area (TPSA) is 83.3 Å². The number of aromatic nitrogens is 3. The second-order valence-electron chi connectivity index (χ2n) is 5.31. The van der Waals surface area contributed by atoms with Crippen molar-refractivity contribution in [3.05, 3.63) is 11.9 Å². The molecule has 2 saturated heterocycles. The van der Waals surface area contributed by atoms with Crippen LogP contribution in [0.3, 0.4) is 0 Å². The van der Waals surface area contributed by atoms with Crippen LogP contribution in [0.5, 0.6) is 0 Å². The van der Waals surface area contributed by atoms with Gasteiger partial charge in [-0.1, -0.05) is 5.21 Å². The molecule has 0 bridgehead atoms. The lowest BCUT2D eigenvalue weighted by molar-refractivity contribution is 0.0779. The highest BCUT2D eigenvalue weighted by molar-refractivity contribution is 5.92. The molecule has 0 spiro atoms. The molecule has 1 atom stereocenters. The van der Waals surface area contributed by atoms with Crippen molar-refractivity contribution >= 4 is 5.91 Å². The zero-order chi connectivity index (χ0) is 13.2. The van der Waals surface area contributed by atoms with Crippen LogP contribution in [-0.2, 0) is 0 Å². The van der Waals surface area contributed by atoms with E-state index >= 15 is 0 Å². The third kappa shape index (κ3) is 2.48. The third-order valence-corrected chi connectivity index (χ3v) is 3.97. The molecule has 2 N–H and O–H groups in total. The lowest BCUT2D eigenvalue weighted by atomic mass is 10.1. The Bertz CT molecular complexity index is 457. The lowest BCUT2D eigenvalue weighted by Gasteiger charge is -2.26. The maximum atomic E-state index is 12.3. The number of aliphatic hydroxyl groups excluding tert-OH is 1. The lowest BCUT2D eigenvalue weighted by Crippen LogP contribution is -2.43. The van der Waals surface area contributed by atoms with Crippen molar-refractivity contribution in [1.82, 2.24) is 25.2 Å². The van der Waals surface area contributed by atoms with E-state index < -0.39 is 0 Å². The Morgan fingerprint density at radius 2 is 2.37 bits per heavy atom. The van der Waals surface area contributed by atoms with Crippen molar-refractivity contribution in [1.29, 1.82) is 0 Å². The average Bonchev–Trinajstić information content (AvgIpc) is 2.96. The van der Waals surface area contributed by atoms with E-state index in [-0.39, 0.29) is 12.5 Å². The molecule has 1 unspecified atom stereocenters. The van der Waals surface area contributed by atoms with Crippen LogP contribution in [0.2, 0.25) is 0 Å². The van der Waals surface area contributed by atoms with Gasteiger partial charge in [0.25, 0.3) is 5.91 Å². The van der Waals surface area contributed by atoms with Crippen LogP contribution in [0.4, 0.5) is 0 Å². The molecule has 19 heavy (non-hydrogen) atoms. The van der Waals surface area contributed by atoms with E-state index in [2.05, 4.69) is 15.6 Å². The monoisotopic (exact) mass is 265 g/mol. The van der Waals surface area contributed by atoms with Gasteiger partial charge < -0.3 is 15.3 Å². The predicted octanol–water partition coefficient (Wildman–Crippen LogP) is -0.733. The Morgan fingerprint density at radius 1 is 1.53 bits per heavy atom. The molecule has 0 aromatic carbocycles. The molecule has 0 aliphatic carbocycles. The molecule has 7 nitrogen and oxygen atoms in total. The highest BCUT2D eigenvalue weighted by Gasteiger charge is 2.29. The minimum atomic E-state index is -0.0426. The first-order chi connectivity index (χ1) is 9.28. The van der Waals surface area contributed by atoms with Gasteiger partial charge in [-0.05, 0) is 18.8 Å². The van der Waals surface area contributed by atoms with Crippen LogP contribution in [0.1, 0.15) is 29.4 Å². The SMILES string of the molecule is O=C(c1cn(C2CNC2)nn1)N1CCC(CCO)C1. The number of hydrogen-bond donors (Lipinski definition) is 2. The van der Waals surface area contributed by atoms with Gasteiger partial charge in [-0.3, -0.25) is 4.79 Å². The number of rotatable bonds is 4. The number of carbonyl (C=O) groups is 1. The van der Waals surface area contributed by atoms with E-state index in [1.807, 2.05) is 4.90 Å². The van der Waals surface area contributed by atoms with E-state index in [4.69, 9.17) is 5.11 Å². The molecule has 1 aromatic heterocycles. The Hall–Kier alpha value is -1.47. The fourth-order valence-electron chi connectivity index (χ4n) is 2.61. The Labute approximate surface area is 111 Å². The molecule has 3 rings (SSSR count). The van der Waals surface area contributed by atoms with Gasteiger partial charge in [-0.25, -0.2) is 4.68 Å². The standard InChI is InChI=1S/C12H19N5O2/c18-4-2-9-1-3-16(7-9)12(19)11-8-17(15-14-11)10-5-13-6-10/h8-10,13,18H,1-7H2. The Morgan fingerprint density at radius 3 is 3.05 bits per heavy atom. The predicted molar refractivity (Wildman–Crippen MR) is 67.6 cm³/mol. The maximum absolute atomic E-state index is 12.3. The summed E-state index contributed by atoms with van der Waals surface area (Å²) < 4.78 is 1.77. The van der Waals surface area contributed by atoms with Crippen LogP contribution >= 0.6 is 0 Å². The second kappa shape index (κ2) is 5.26. The van der Waals surface area contributed by atoms with Gasteiger partial charge in [0.15, 0.2) is 5.69 Å². The molecule has 2 aliphatic heterocycles. The van der Waals surface area contributed by atoms with E-state index in [1.54, 1.807) is 10.9 Å². The van der Waals surface area contributed by atoms with Crippen molar-refractivity contribution in [3.63, 3.8) is 0 Å². The zero-order valence-corrected chi connectivity index (χ0v) is 10.8. The number of hydrogen-bond acceptors (Lipinski definition) is 5. The summed E-state index contributed by atoms with van der Waals surface area (Å²) >= 11 is 0. The van der Waals surface area contributed by atoms with E-state index in [1.165, 1.54) is 0 Å². The summed E-state index contributed by atoms with van der Waals surface area (Å²) in [5.41, 5.74) is 0.427. The molecule has 1 aromatic rings. The minimum absolute atomic E-state index is 0.0426. The van der Waals surface area contributed by atoms with Gasteiger partial charge in [0.1, 0.15) is 0 Å². The van der Waals surface area contributed by atoms with Crippen LogP contribution in [-0.4, -0.2) is 63.7 Å². The first-order valence-corrected chi connectivity index (χ1v) is 6.80. The largest absolute Gasteiger partial charge is 0.396 e. The molecule has 3 heterocycles. The first-order valence-electron chi connectivity index (χ1n) is 6.80. The number of nitrogens with one attached hydrogen (secondary N) is 1. The van der Waals surface area contributed by atoms with E-state index in [0.29, 0.717) is 17.7 Å². The third-order valence-electron chi connectivity index (χ3n) is 3.97. The van der Waals surface area contributed by atoms with Crippen LogP contribution in [0, 0.1) is 5.92 Å². The number of aliphatic hydroxyl groups is 1. The number of likely N-dealkylation sites (tertiary alicyclic amines) is 1. The Balaban J connectivity index is 1.62. The molecule has 0 radical (unpaired) electrons. The van der Waals surface area contributed by atoms with E-state index in [0.717, 1.165) is 39.0 Å². The van der Waals surface area contributed by atoms with Crippen LogP contribution in [0.15, 0.2) is 6.20 Å². The smallest absolute Gasteiger partial charge is 0.276 e. The molecular weight excluding hydrogens is 246 g/mol. The normalized spacial score (nSPS) is 23.6. The molecule has 104 valence electrons. The number of amides is 1. The van der Waals surface area contributed by atoms with Crippen LogP contribution in [0.25, 0.3) is 0 Å². The van der Waals surface area contributed by atoms with Crippen molar-refractivity contribution in [2.75, 3.05) is 32.8 Å². The number of nitrogens with zero attached hydrogens (tertiary/aromatic N) is 4. The summed E-state index contributed by atoms with van der Waals surface area (Å²) in [6, 6.07) is 0.328. The molecule has 2 fully saturated rings. The van der Waals surface area contributed by atoms with Crippen molar-refractivity contribution < 1.29 is 9.90 Å². The van der Waals surface area contributed by atoms with Crippen molar-refractivity contribution in [2.45, 2.75) is 18.9 Å². The maximum Gasteiger partial charge on any atom is 0.276 e. The van der Waals surface area contributed by atoms with Gasteiger partial charge in [-0.15, -0.1) is 5.10 Å². The molecular formula is C12H19N5O2. The highest BCUT2D eigenvalue weighted by atomic mass is 16.3. The molecule has 2 aliphatic rings. The van der Waals surface area contributed by atoms with Gasteiger partial charge in [0.05, 0.1) is 12.2 Å². The fraction of sp³-hybridized carbons (Fsp3) is 0.750. The Kier molecular flexibility index (Phi) is 3.48. The summed E-state index contributed by atoms with van der Waals surface area (Å²) in [6.45, 7) is 3.44. The highest BCUT2D eigenvalue weighted by Crippen LogP contribution is 2.21. The van der Waals surface area contributed by atoms with Crippen molar-refractivity contribution in [3.8, 4) is 0 Å². The zero-order valence-electron chi connectivity index (χ0n) is 10.8. The van der Waals surface area contributed by atoms with Crippen LogP contribution < -0.4 is 5.32 Å². The molecule has 0 saturated carbocycles. The fourth-order valence-corrected chi connectivity index (χ4v) is 2.61. The summed E-state index contributed by atoms with van der Waals surface area (Å²) in [6.07, 6.45) is 3.48. The summed E-state index contributed by atoms with van der Waals surface area (Å²) in [5.74, 6) is 0.374. The minimum Gasteiger partial charge on any atom is -0.396 e. The van der Waals surface area contributed by atoms with Gasteiger partial charge >= 0.3 is 0 Å². The second-order valence-corrected chi connectivity index (χ2v) is 5.31. The molecule has 1 amide bonds. The molecule has 7 heteroatoms. The quantitative estimate of drug-likeness (QED) is 0.749. The summed E-state index contributed by atoms with van der Waals surface area (Å²) in [5, 5.41) is 20.1. The number of carbonyl (C=O) groups excluding carboxylic acids is 1. The summed E-state index contributed by atoms with van der Waals surface area (Å²) in [7, 11) is 0. The van der Waals surface area contributed by atoms with E-state index in [9.17, 15) is 4.79 Å².